The summed E-state index contributed by atoms with van der Waals surface area (Å²) < 4.78 is 29.2. The van der Waals surface area contributed by atoms with Gasteiger partial charge in [0.25, 0.3) is 0 Å². The lowest BCUT2D eigenvalue weighted by atomic mass is 10.0. The lowest BCUT2D eigenvalue weighted by Crippen LogP contribution is -2.15. The van der Waals surface area contributed by atoms with Crippen LogP contribution in [-0.2, 0) is 9.53 Å². The van der Waals surface area contributed by atoms with E-state index in [1.165, 1.54) is 38.2 Å². The van der Waals surface area contributed by atoms with Gasteiger partial charge in [-0.1, -0.05) is 114 Å². The Bertz CT molecular complexity index is 2230. The van der Waals surface area contributed by atoms with Crippen LogP contribution in [0.3, 0.4) is 0 Å². The lowest BCUT2D eigenvalue weighted by molar-refractivity contribution is -0.134. The maximum Gasteiger partial charge on any atom is 0.343 e. The summed E-state index contributed by atoms with van der Waals surface area (Å²) in [5.41, 5.74) is 5.21. The maximum absolute atomic E-state index is 13.4. The zero-order valence-electron chi connectivity index (χ0n) is 37.8. The molecule has 9 heteroatoms. The summed E-state index contributed by atoms with van der Waals surface area (Å²) in [5.74, 6) is 0.362. The van der Waals surface area contributed by atoms with Gasteiger partial charge in [-0.15, -0.1) is 0 Å². The second-order valence-electron chi connectivity index (χ2n) is 16.2. The number of carbonyl (C=O) groups excluding carboxylic acids is 3. The van der Waals surface area contributed by atoms with Crippen molar-refractivity contribution < 1.29 is 38.1 Å². The molecule has 5 aromatic rings. The fraction of sp³-hybridized carbons (Fsp3) is 0.382. The van der Waals surface area contributed by atoms with Crippen molar-refractivity contribution in [3.8, 4) is 51.3 Å². The predicted octanol–water partition coefficient (Wildman–Crippen LogP) is 13.9. The van der Waals surface area contributed by atoms with Crippen LogP contribution in [0, 0.1) is 11.3 Å². The molecule has 0 spiro atoms. The van der Waals surface area contributed by atoms with Crippen molar-refractivity contribution in [2.24, 2.45) is 0 Å². The summed E-state index contributed by atoms with van der Waals surface area (Å²) >= 11 is 0. The Morgan fingerprint density at radius 1 is 0.516 bits per heavy atom. The summed E-state index contributed by atoms with van der Waals surface area (Å²) in [7, 11) is 0. The van der Waals surface area contributed by atoms with Crippen LogP contribution in [0.5, 0.6) is 23.0 Å². The topological polar surface area (TPSA) is 121 Å². The third-order valence-electron chi connectivity index (χ3n) is 10.9. The van der Waals surface area contributed by atoms with Gasteiger partial charge < -0.3 is 23.7 Å². The van der Waals surface area contributed by atoms with Gasteiger partial charge in [0.1, 0.15) is 11.5 Å². The molecule has 1 atom stereocenters. The number of carbonyl (C=O) groups is 3. The standard InChI is InChI=1S/C55H63NO8/c1-4-6-8-10-11-15-38-61-51-36-31-48(39-52(51)64-53(57)18-14-12-16-37-60-49-32-27-45(28-33-49)43-21-19-42(40-56)20-22-43)55(59)63-50-34-29-46(30-35-50)44-23-25-47(26-24-44)54(58)62-41(3)17-13-9-7-5-2/h19-36,39,41H,4-18,37-38H2,1-3H3/t41-/m0/s1. The van der Waals surface area contributed by atoms with Crippen molar-refractivity contribution in [3.63, 3.8) is 0 Å². The highest BCUT2D eigenvalue weighted by Gasteiger charge is 2.18. The number of ether oxygens (including phenoxy) is 5. The third kappa shape index (κ3) is 16.4. The van der Waals surface area contributed by atoms with Gasteiger partial charge in [0.2, 0.25) is 0 Å². The predicted molar refractivity (Wildman–Crippen MR) is 252 cm³/mol. The van der Waals surface area contributed by atoms with Crippen LogP contribution < -0.4 is 18.9 Å². The first-order valence-corrected chi connectivity index (χ1v) is 23.1. The van der Waals surface area contributed by atoms with E-state index in [4.69, 9.17) is 28.9 Å². The van der Waals surface area contributed by atoms with E-state index in [1.54, 1.807) is 48.5 Å². The molecule has 0 unspecified atom stereocenters. The Morgan fingerprint density at radius 3 is 1.66 bits per heavy atom. The monoisotopic (exact) mass is 865 g/mol. The van der Waals surface area contributed by atoms with Crippen molar-refractivity contribution in [1.29, 1.82) is 5.26 Å². The minimum atomic E-state index is -0.598. The Morgan fingerprint density at radius 2 is 1.03 bits per heavy atom. The van der Waals surface area contributed by atoms with Gasteiger partial charge in [-0.2, -0.15) is 5.26 Å². The highest BCUT2D eigenvalue weighted by Crippen LogP contribution is 2.31. The normalized spacial score (nSPS) is 11.3. The molecule has 0 saturated heterocycles. The summed E-state index contributed by atoms with van der Waals surface area (Å²) in [6.45, 7) is 7.29. The molecule has 336 valence electrons. The van der Waals surface area contributed by atoms with Crippen LogP contribution in [0.1, 0.15) is 143 Å². The second kappa shape index (κ2) is 26.9. The Balaban J connectivity index is 1.11. The number of nitriles is 1. The summed E-state index contributed by atoms with van der Waals surface area (Å²) in [6, 6.07) is 36.6. The first-order valence-electron chi connectivity index (χ1n) is 23.1. The molecule has 5 rings (SSSR count). The number of rotatable bonds is 27. The molecule has 0 bridgehead atoms. The van der Waals surface area contributed by atoms with E-state index in [-0.39, 0.29) is 29.8 Å². The molecule has 0 amide bonds. The molecule has 0 heterocycles. The highest BCUT2D eigenvalue weighted by atomic mass is 16.6. The van der Waals surface area contributed by atoms with E-state index in [0.29, 0.717) is 42.3 Å². The van der Waals surface area contributed by atoms with Crippen LogP contribution in [0.4, 0.5) is 0 Å². The number of hydrogen-bond donors (Lipinski definition) is 0. The zero-order chi connectivity index (χ0) is 45.4. The maximum atomic E-state index is 13.4. The average Bonchev–Trinajstić information content (AvgIpc) is 3.32. The molecular weight excluding hydrogens is 803 g/mol. The minimum Gasteiger partial charge on any atom is -0.494 e. The van der Waals surface area contributed by atoms with Crippen LogP contribution in [0.2, 0.25) is 0 Å². The second-order valence-corrected chi connectivity index (χ2v) is 16.2. The summed E-state index contributed by atoms with van der Waals surface area (Å²) in [6.07, 6.45) is 14.3. The van der Waals surface area contributed by atoms with Crippen molar-refractivity contribution in [2.45, 2.75) is 123 Å². The van der Waals surface area contributed by atoms with Crippen molar-refractivity contribution >= 4 is 17.9 Å². The Kier molecular flexibility index (Phi) is 20.5. The van der Waals surface area contributed by atoms with Gasteiger partial charge in [-0.05, 0) is 134 Å². The highest BCUT2D eigenvalue weighted by molar-refractivity contribution is 5.92. The largest absolute Gasteiger partial charge is 0.494 e. The molecule has 5 aromatic carbocycles. The molecule has 0 N–H and O–H groups in total. The minimum absolute atomic E-state index is 0.130. The van der Waals surface area contributed by atoms with E-state index in [2.05, 4.69) is 19.9 Å². The number of unbranched alkanes of at least 4 members (excludes halogenated alkanes) is 10. The molecule has 0 saturated carbocycles. The zero-order valence-corrected chi connectivity index (χ0v) is 37.8. The van der Waals surface area contributed by atoms with E-state index >= 15 is 0 Å². The van der Waals surface area contributed by atoms with Crippen molar-refractivity contribution in [1.82, 2.24) is 0 Å². The molecule has 0 radical (unpaired) electrons. The Hall–Kier alpha value is -6.40. The van der Waals surface area contributed by atoms with Gasteiger partial charge in [-0.3, -0.25) is 4.79 Å². The summed E-state index contributed by atoms with van der Waals surface area (Å²) in [4.78, 5) is 39.2. The first-order chi connectivity index (χ1) is 31.3. The van der Waals surface area contributed by atoms with Crippen molar-refractivity contribution in [3.05, 3.63) is 132 Å². The molecule has 0 aliphatic heterocycles. The fourth-order valence-electron chi connectivity index (χ4n) is 7.14. The van der Waals surface area contributed by atoms with Gasteiger partial charge >= 0.3 is 17.9 Å². The number of hydrogen-bond acceptors (Lipinski definition) is 9. The summed E-state index contributed by atoms with van der Waals surface area (Å²) in [5, 5.41) is 9.04. The van der Waals surface area contributed by atoms with Gasteiger partial charge in [0, 0.05) is 6.42 Å². The molecule has 0 aromatic heterocycles. The van der Waals surface area contributed by atoms with Crippen LogP contribution >= 0.6 is 0 Å². The van der Waals surface area contributed by atoms with E-state index in [0.717, 1.165) is 79.4 Å². The molecular formula is C55H63NO8. The van der Waals surface area contributed by atoms with Crippen LogP contribution in [0.25, 0.3) is 22.3 Å². The molecule has 0 fully saturated rings. The number of esters is 3. The van der Waals surface area contributed by atoms with Gasteiger partial charge in [0.05, 0.1) is 42.1 Å². The van der Waals surface area contributed by atoms with Gasteiger partial charge in [0.15, 0.2) is 11.5 Å². The van der Waals surface area contributed by atoms with Crippen molar-refractivity contribution in [2.75, 3.05) is 13.2 Å². The molecule has 9 nitrogen and oxygen atoms in total. The molecule has 0 aliphatic carbocycles. The first kappa shape index (κ1) is 48.6. The lowest BCUT2D eigenvalue weighted by Gasteiger charge is -2.14. The average molecular weight is 866 g/mol. The SMILES string of the molecule is CCCCCCCCOc1ccc(C(=O)Oc2ccc(-c3ccc(C(=O)O[C@@H](C)CCCCCC)cc3)cc2)cc1OC(=O)CCCCCOc1ccc(-c2ccc(C#N)cc2)cc1. The molecule has 64 heavy (non-hydrogen) atoms. The van der Waals surface area contributed by atoms with Crippen LogP contribution in [0.15, 0.2) is 115 Å². The van der Waals surface area contributed by atoms with Gasteiger partial charge in [-0.25, -0.2) is 9.59 Å². The number of nitrogens with zero attached hydrogens (tertiary/aromatic N) is 1. The van der Waals surface area contributed by atoms with E-state index in [9.17, 15) is 14.4 Å². The third-order valence-corrected chi connectivity index (χ3v) is 10.9. The quantitative estimate of drug-likeness (QED) is 0.0288. The molecule has 0 aliphatic rings. The smallest absolute Gasteiger partial charge is 0.343 e. The fourth-order valence-corrected chi connectivity index (χ4v) is 7.14. The van der Waals surface area contributed by atoms with E-state index in [1.807, 2.05) is 67.6 Å². The van der Waals surface area contributed by atoms with Crippen LogP contribution in [-0.4, -0.2) is 37.2 Å². The number of benzene rings is 5. The van der Waals surface area contributed by atoms with E-state index < -0.39 is 11.9 Å². The Labute approximate surface area is 379 Å².